The molecule has 0 radical (unpaired) electrons. The summed E-state index contributed by atoms with van der Waals surface area (Å²) < 4.78 is 13.4. The lowest BCUT2D eigenvalue weighted by Gasteiger charge is -2.05. The smallest absolute Gasteiger partial charge is 0.335 e. The maximum atomic E-state index is 13.4. The molecule has 0 aliphatic carbocycles. The molecule has 0 fully saturated rings. The van der Waals surface area contributed by atoms with Crippen LogP contribution in [0.2, 0.25) is 0 Å². The number of aromatic carboxylic acids is 1. The number of benzene rings is 1. The number of anilines is 1. The highest BCUT2D eigenvalue weighted by Gasteiger charge is 2.10. The first-order valence-electron chi connectivity index (χ1n) is 4.80. The van der Waals surface area contributed by atoms with Crippen LogP contribution in [-0.2, 0) is 4.79 Å². The third-order valence-corrected chi connectivity index (χ3v) is 1.99. The van der Waals surface area contributed by atoms with Gasteiger partial charge < -0.3 is 10.4 Å². The van der Waals surface area contributed by atoms with Crippen molar-refractivity contribution in [1.29, 1.82) is 0 Å². The fourth-order valence-corrected chi connectivity index (χ4v) is 1.15. The van der Waals surface area contributed by atoms with Crippen LogP contribution in [0.4, 0.5) is 10.1 Å². The first-order valence-corrected chi connectivity index (χ1v) is 4.80. The largest absolute Gasteiger partial charge is 0.478 e. The minimum atomic E-state index is -1.23. The molecule has 0 aliphatic rings. The summed E-state index contributed by atoms with van der Waals surface area (Å²) in [6, 6.07) is 3.26. The number of carbonyl (C=O) groups excluding carboxylic acids is 1. The molecule has 0 saturated carbocycles. The quantitative estimate of drug-likeness (QED) is 0.783. The molecule has 0 atom stereocenters. The molecule has 88 valence electrons. The molecular formula is C12H10FNO3. The van der Waals surface area contributed by atoms with E-state index in [2.05, 4.69) is 11.2 Å². The molecule has 17 heavy (non-hydrogen) atoms. The molecule has 4 nitrogen and oxygen atoms in total. The first-order chi connectivity index (χ1) is 8.04. The van der Waals surface area contributed by atoms with Gasteiger partial charge in [-0.1, -0.05) is 0 Å². The van der Waals surface area contributed by atoms with Gasteiger partial charge in [0.15, 0.2) is 0 Å². The normalized spacial score (nSPS) is 9.41. The van der Waals surface area contributed by atoms with E-state index in [-0.39, 0.29) is 24.1 Å². The molecule has 5 heteroatoms. The second-order valence-electron chi connectivity index (χ2n) is 3.25. The Kier molecular flexibility index (Phi) is 4.23. The van der Waals surface area contributed by atoms with Crippen LogP contribution in [-0.4, -0.2) is 17.0 Å². The molecule has 0 aromatic heterocycles. The minimum absolute atomic E-state index is 0.0583. The molecule has 0 aliphatic heterocycles. The van der Waals surface area contributed by atoms with E-state index in [1.54, 1.807) is 0 Å². The van der Waals surface area contributed by atoms with E-state index >= 15 is 0 Å². The second-order valence-corrected chi connectivity index (χ2v) is 3.25. The SMILES string of the molecule is C#CCCC(=O)Nc1ccc(C(=O)O)cc1F. The summed E-state index contributed by atoms with van der Waals surface area (Å²) in [4.78, 5) is 21.8. The lowest BCUT2D eigenvalue weighted by molar-refractivity contribution is -0.116. The van der Waals surface area contributed by atoms with Crippen molar-refractivity contribution in [3.05, 3.63) is 29.6 Å². The second kappa shape index (κ2) is 5.66. The number of halogens is 1. The highest BCUT2D eigenvalue weighted by molar-refractivity contribution is 5.92. The van der Waals surface area contributed by atoms with Gasteiger partial charge in [0.05, 0.1) is 11.3 Å². The average Bonchev–Trinajstić information content (AvgIpc) is 2.28. The molecule has 0 spiro atoms. The number of nitrogens with one attached hydrogen (secondary N) is 1. The fourth-order valence-electron chi connectivity index (χ4n) is 1.15. The van der Waals surface area contributed by atoms with Crippen LogP contribution in [0.3, 0.4) is 0 Å². The van der Waals surface area contributed by atoms with E-state index in [1.807, 2.05) is 0 Å². The molecule has 2 N–H and O–H groups in total. The number of hydrogen-bond donors (Lipinski definition) is 2. The Labute approximate surface area is 97.5 Å². The number of hydrogen-bond acceptors (Lipinski definition) is 2. The molecular weight excluding hydrogens is 225 g/mol. The summed E-state index contributed by atoms with van der Waals surface area (Å²) in [5.41, 5.74) is -0.235. The van der Waals surface area contributed by atoms with E-state index in [0.717, 1.165) is 6.07 Å². The lowest BCUT2D eigenvalue weighted by Crippen LogP contribution is -2.12. The van der Waals surface area contributed by atoms with Crippen LogP contribution in [0.1, 0.15) is 23.2 Å². The van der Waals surface area contributed by atoms with E-state index in [0.29, 0.717) is 0 Å². The molecule has 0 saturated heterocycles. The summed E-state index contributed by atoms with van der Waals surface area (Å²) in [5.74, 6) is -0.142. The number of carbonyl (C=O) groups is 2. The Morgan fingerprint density at radius 3 is 2.71 bits per heavy atom. The van der Waals surface area contributed by atoms with Gasteiger partial charge in [-0.25, -0.2) is 9.18 Å². The molecule has 0 unspecified atom stereocenters. The van der Waals surface area contributed by atoms with Crippen LogP contribution in [0.5, 0.6) is 0 Å². The minimum Gasteiger partial charge on any atom is -0.478 e. The number of carboxylic acids is 1. The Balaban J connectivity index is 2.76. The van der Waals surface area contributed by atoms with E-state index < -0.39 is 17.7 Å². The van der Waals surface area contributed by atoms with Crippen LogP contribution in [0, 0.1) is 18.2 Å². The van der Waals surface area contributed by atoms with Crippen molar-refractivity contribution in [3.8, 4) is 12.3 Å². The van der Waals surface area contributed by atoms with E-state index in [4.69, 9.17) is 11.5 Å². The monoisotopic (exact) mass is 235 g/mol. The van der Waals surface area contributed by atoms with Gasteiger partial charge in [0.2, 0.25) is 5.91 Å². The van der Waals surface area contributed by atoms with E-state index in [9.17, 15) is 14.0 Å². The third-order valence-electron chi connectivity index (χ3n) is 1.99. The summed E-state index contributed by atoms with van der Waals surface area (Å²) in [6.45, 7) is 0. The highest BCUT2D eigenvalue weighted by Crippen LogP contribution is 2.16. The number of rotatable bonds is 4. The fraction of sp³-hybridized carbons (Fsp3) is 0.167. The Hall–Kier alpha value is -2.35. The molecule has 1 amide bonds. The lowest BCUT2D eigenvalue weighted by atomic mass is 10.2. The van der Waals surface area contributed by atoms with Crippen molar-refractivity contribution in [2.75, 3.05) is 5.32 Å². The summed E-state index contributed by atoms with van der Waals surface area (Å²) in [7, 11) is 0. The van der Waals surface area contributed by atoms with Gasteiger partial charge in [-0.05, 0) is 18.2 Å². The predicted octanol–water partition coefficient (Wildman–Crippen LogP) is 1.88. The Morgan fingerprint density at radius 2 is 2.18 bits per heavy atom. The van der Waals surface area contributed by atoms with Crippen molar-refractivity contribution < 1.29 is 19.1 Å². The summed E-state index contributed by atoms with van der Waals surface area (Å²) in [5, 5.41) is 10.9. The van der Waals surface area contributed by atoms with Crippen LogP contribution in [0.15, 0.2) is 18.2 Å². The molecule has 1 rings (SSSR count). The molecule has 1 aromatic rings. The maximum Gasteiger partial charge on any atom is 0.335 e. The molecule has 1 aromatic carbocycles. The number of amides is 1. The first kappa shape index (κ1) is 12.7. The van der Waals surface area contributed by atoms with Crippen molar-refractivity contribution in [2.24, 2.45) is 0 Å². The maximum absolute atomic E-state index is 13.4. The zero-order valence-corrected chi connectivity index (χ0v) is 8.87. The van der Waals surface area contributed by atoms with Crippen molar-refractivity contribution in [1.82, 2.24) is 0 Å². The Bertz CT molecular complexity index is 491. The van der Waals surface area contributed by atoms with E-state index in [1.165, 1.54) is 12.1 Å². The van der Waals surface area contributed by atoms with Crippen molar-refractivity contribution in [2.45, 2.75) is 12.8 Å². The average molecular weight is 235 g/mol. The van der Waals surface area contributed by atoms with Gasteiger partial charge in [-0.2, -0.15) is 0 Å². The van der Waals surface area contributed by atoms with Crippen LogP contribution < -0.4 is 5.32 Å². The number of terminal acetylenes is 1. The zero-order chi connectivity index (χ0) is 12.8. The Morgan fingerprint density at radius 1 is 1.47 bits per heavy atom. The van der Waals surface area contributed by atoms with Crippen LogP contribution >= 0.6 is 0 Å². The molecule has 0 bridgehead atoms. The van der Waals surface area contributed by atoms with Crippen LogP contribution in [0.25, 0.3) is 0 Å². The zero-order valence-electron chi connectivity index (χ0n) is 8.87. The molecule has 0 heterocycles. The third kappa shape index (κ3) is 3.61. The topological polar surface area (TPSA) is 66.4 Å². The van der Waals surface area contributed by atoms with Gasteiger partial charge in [-0.3, -0.25) is 4.79 Å². The highest BCUT2D eigenvalue weighted by atomic mass is 19.1. The summed E-state index contributed by atoms with van der Waals surface area (Å²) >= 11 is 0. The summed E-state index contributed by atoms with van der Waals surface area (Å²) in [6.07, 6.45) is 5.34. The van der Waals surface area contributed by atoms with Gasteiger partial charge in [0.25, 0.3) is 0 Å². The standard InChI is InChI=1S/C12H10FNO3/c1-2-3-4-11(15)14-10-6-5-8(12(16)17)7-9(10)13/h1,5-7H,3-4H2,(H,14,15)(H,16,17). The van der Waals surface area contributed by atoms with Gasteiger partial charge >= 0.3 is 5.97 Å². The van der Waals surface area contributed by atoms with Gasteiger partial charge in [0, 0.05) is 12.8 Å². The van der Waals surface area contributed by atoms with Crippen molar-refractivity contribution >= 4 is 17.6 Å². The van der Waals surface area contributed by atoms with Crippen molar-refractivity contribution in [3.63, 3.8) is 0 Å². The van der Waals surface area contributed by atoms with Gasteiger partial charge in [0.1, 0.15) is 5.82 Å². The number of carboxylic acid groups (broad SMARTS) is 1. The van der Waals surface area contributed by atoms with Gasteiger partial charge in [-0.15, -0.1) is 12.3 Å². The predicted molar refractivity (Wildman–Crippen MR) is 60.1 cm³/mol.